The van der Waals surface area contributed by atoms with E-state index in [-0.39, 0.29) is 17.4 Å². The summed E-state index contributed by atoms with van der Waals surface area (Å²) < 4.78 is 1.78. The van der Waals surface area contributed by atoms with Gasteiger partial charge in [-0.2, -0.15) is 5.10 Å². The van der Waals surface area contributed by atoms with Gasteiger partial charge in [0.25, 0.3) is 5.91 Å². The molecule has 1 saturated heterocycles. The Morgan fingerprint density at radius 1 is 0.884 bits per heavy atom. The van der Waals surface area contributed by atoms with Crippen LogP contribution in [0.4, 0.5) is 16.3 Å². The predicted octanol–water partition coefficient (Wildman–Crippen LogP) is 6.68. The fourth-order valence-electron chi connectivity index (χ4n) is 5.36. The van der Waals surface area contributed by atoms with Crippen LogP contribution in [0.2, 0.25) is 0 Å². The molecule has 0 atom stereocenters. The Bertz CT molecular complexity index is 1540. The zero-order valence-corrected chi connectivity index (χ0v) is 25.6. The molecule has 0 bridgehead atoms. The maximum Gasteiger partial charge on any atom is 0.324 e. The highest BCUT2D eigenvalue weighted by atomic mass is 16.2. The van der Waals surface area contributed by atoms with Gasteiger partial charge in [0.05, 0.1) is 11.4 Å². The van der Waals surface area contributed by atoms with Crippen molar-refractivity contribution in [1.82, 2.24) is 14.7 Å². The monoisotopic (exact) mass is 578 g/mol. The summed E-state index contributed by atoms with van der Waals surface area (Å²) >= 11 is 0. The van der Waals surface area contributed by atoms with E-state index in [0.717, 1.165) is 66.1 Å². The van der Waals surface area contributed by atoms with Gasteiger partial charge in [0, 0.05) is 42.4 Å². The average Bonchev–Trinajstić information content (AvgIpc) is 3.43. The largest absolute Gasteiger partial charge is 0.339 e. The second-order valence-electron chi connectivity index (χ2n) is 12.5. The second-order valence-corrected chi connectivity index (χ2v) is 12.5. The number of aryl methyl sites for hydroxylation is 1. The van der Waals surface area contributed by atoms with Crippen LogP contribution in [-0.4, -0.2) is 39.7 Å². The lowest BCUT2D eigenvalue weighted by Crippen LogP contribution is -2.38. The third-order valence-corrected chi connectivity index (χ3v) is 8.07. The number of carbonyl (C=O) groups excluding carboxylic acids is 2. The standard InChI is InChI=1S/C35H42N6O2/c1-24-5-15-30(16-6-24)41-32(22-31(39-41)35(2,3)4)38-34(43)37-29-13-9-25(10-14-29)21-26-17-19-40(20-18-26)33(42)28-11-7-27(23-36)8-12-28/h5-16,22,26H,17-21,23,36H2,1-4H3,(H2,37,38,43). The van der Waals surface area contributed by atoms with Crippen LogP contribution in [0.3, 0.4) is 0 Å². The van der Waals surface area contributed by atoms with Crippen LogP contribution in [0, 0.1) is 12.8 Å². The number of amides is 3. The van der Waals surface area contributed by atoms with E-state index >= 15 is 0 Å². The van der Waals surface area contributed by atoms with Gasteiger partial charge in [0.1, 0.15) is 5.82 Å². The lowest BCUT2D eigenvalue weighted by Gasteiger charge is -2.32. The van der Waals surface area contributed by atoms with Crippen LogP contribution in [0.1, 0.15) is 66.4 Å². The van der Waals surface area contributed by atoms with E-state index in [1.807, 2.05) is 78.6 Å². The summed E-state index contributed by atoms with van der Waals surface area (Å²) in [4.78, 5) is 27.9. The number of benzene rings is 3. The molecule has 1 aromatic heterocycles. The van der Waals surface area contributed by atoms with Gasteiger partial charge in [-0.3, -0.25) is 10.1 Å². The maximum absolute atomic E-state index is 13.0. The Balaban J connectivity index is 1.15. The summed E-state index contributed by atoms with van der Waals surface area (Å²) in [5.74, 6) is 1.22. The Kier molecular flexibility index (Phi) is 8.97. The number of piperidine rings is 1. The molecule has 8 heteroatoms. The fraction of sp³-hybridized carbons (Fsp3) is 0.343. The molecule has 224 valence electrons. The highest BCUT2D eigenvalue weighted by Crippen LogP contribution is 2.27. The summed E-state index contributed by atoms with van der Waals surface area (Å²) in [6.45, 7) is 10.4. The molecular formula is C35H42N6O2. The molecule has 43 heavy (non-hydrogen) atoms. The van der Waals surface area contributed by atoms with E-state index in [0.29, 0.717) is 18.3 Å². The summed E-state index contributed by atoms with van der Waals surface area (Å²) in [5.41, 5.74) is 12.1. The average molecular weight is 579 g/mol. The maximum atomic E-state index is 13.0. The molecule has 4 N–H and O–H groups in total. The summed E-state index contributed by atoms with van der Waals surface area (Å²) in [5, 5.41) is 10.7. The number of hydrogen-bond donors (Lipinski definition) is 3. The summed E-state index contributed by atoms with van der Waals surface area (Å²) in [7, 11) is 0. The number of nitrogens with one attached hydrogen (secondary N) is 2. The lowest BCUT2D eigenvalue weighted by molar-refractivity contribution is 0.0690. The number of urea groups is 1. The molecule has 1 aliphatic heterocycles. The van der Waals surface area contributed by atoms with Crippen LogP contribution >= 0.6 is 0 Å². The smallest absolute Gasteiger partial charge is 0.324 e. The quantitative estimate of drug-likeness (QED) is 0.228. The van der Waals surface area contributed by atoms with E-state index in [4.69, 9.17) is 10.8 Å². The molecule has 3 aromatic carbocycles. The van der Waals surface area contributed by atoms with Crippen LogP contribution in [0.15, 0.2) is 78.9 Å². The van der Waals surface area contributed by atoms with E-state index in [9.17, 15) is 9.59 Å². The van der Waals surface area contributed by atoms with Crippen LogP contribution in [0.5, 0.6) is 0 Å². The minimum Gasteiger partial charge on any atom is -0.339 e. The first-order chi connectivity index (χ1) is 20.6. The molecule has 2 heterocycles. The number of aromatic nitrogens is 2. The molecule has 1 fully saturated rings. The van der Waals surface area contributed by atoms with Gasteiger partial charge >= 0.3 is 6.03 Å². The normalized spacial score (nSPS) is 14.0. The van der Waals surface area contributed by atoms with Crippen molar-refractivity contribution in [2.45, 2.75) is 58.9 Å². The second kappa shape index (κ2) is 12.8. The number of carbonyl (C=O) groups is 2. The fourth-order valence-corrected chi connectivity index (χ4v) is 5.36. The van der Waals surface area contributed by atoms with Crippen LogP contribution in [-0.2, 0) is 18.4 Å². The topological polar surface area (TPSA) is 105 Å². The van der Waals surface area contributed by atoms with Crippen molar-refractivity contribution >= 4 is 23.4 Å². The Morgan fingerprint density at radius 2 is 1.51 bits per heavy atom. The molecule has 0 unspecified atom stereocenters. The number of nitrogens with zero attached hydrogens (tertiary/aromatic N) is 3. The van der Waals surface area contributed by atoms with Crippen molar-refractivity contribution in [2.24, 2.45) is 11.7 Å². The van der Waals surface area contributed by atoms with Gasteiger partial charge in [-0.25, -0.2) is 9.48 Å². The minimum absolute atomic E-state index is 0.0901. The number of nitrogens with two attached hydrogens (primary N) is 1. The SMILES string of the molecule is Cc1ccc(-n2nc(C(C)(C)C)cc2NC(=O)Nc2ccc(CC3CCN(C(=O)c4ccc(CN)cc4)CC3)cc2)cc1. The zero-order valence-electron chi connectivity index (χ0n) is 25.6. The van der Waals surface area contributed by atoms with E-state index in [1.54, 1.807) is 4.68 Å². The van der Waals surface area contributed by atoms with Crippen molar-refractivity contribution in [3.63, 3.8) is 0 Å². The molecule has 5 rings (SSSR count). The van der Waals surface area contributed by atoms with Gasteiger partial charge in [-0.1, -0.05) is 62.7 Å². The first kappa shape index (κ1) is 30.0. The zero-order chi connectivity index (χ0) is 30.6. The van der Waals surface area contributed by atoms with Gasteiger partial charge in [-0.05, 0) is 79.6 Å². The molecule has 4 aromatic rings. The molecule has 0 aliphatic carbocycles. The van der Waals surface area contributed by atoms with Gasteiger partial charge < -0.3 is 16.0 Å². The molecular weight excluding hydrogens is 536 g/mol. The van der Waals surface area contributed by atoms with Gasteiger partial charge in [-0.15, -0.1) is 0 Å². The molecule has 0 spiro atoms. The number of hydrogen-bond acceptors (Lipinski definition) is 4. The number of likely N-dealkylation sites (tertiary alicyclic amines) is 1. The Labute approximate surface area is 254 Å². The summed E-state index contributed by atoms with van der Waals surface area (Å²) in [6, 6.07) is 25.3. The Morgan fingerprint density at radius 3 is 2.12 bits per heavy atom. The predicted molar refractivity (Wildman–Crippen MR) is 173 cm³/mol. The summed E-state index contributed by atoms with van der Waals surface area (Å²) in [6.07, 6.45) is 2.89. The van der Waals surface area contributed by atoms with Crippen molar-refractivity contribution < 1.29 is 9.59 Å². The van der Waals surface area contributed by atoms with Gasteiger partial charge in [0.2, 0.25) is 0 Å². The number of rotatable bonds is 7. The highest BCUT2D eigenvalue weighted by Gasteiger charge is 2.24. The first-order valence-electron chi connectivity index (χ1n) is 15.0. The molecule has 0 radical (unpaired) electrons. The van der Waals surface area contributed by atoms with Crippen molar-refractivity contribution in [2.75, 3.05) is 23.7 Å². The minimum atomic E-state index is -0.323. The first-order valence-corrected chi connectivity index (χ1v) is 15.0. The highest BCUT2D eigenvalue weighted by molar-refractivity contribution is 5.99. The van der Waals surface area contributed by atoms with E-state index in [2.05, 4.69) is 43.5 Å². The third-order valence-electron chi connectivity index (χ3n) is 8.07. The van der Waals surface area contributed by atoms with Gasteiger partial charge in [0.15, 0.2) is 0 Å². The lowest BCUT2D eigenvalue weighted by atomic mass is 9.90. The molecule has 1 aliphatic rings. The molecule has 8 nitrogen and oxygen atoms in total. The van der Waals surface area contributed by atoms with Crippen molar-refractivity contribution in [3.05, 3.63) is 107 Å². The van der Waals surface area contributed by atoms with Crippen LogP contribution in [0.25, 0.3) is 5.69 Å². The molecule has 0 saturated carbocycles. The Hall–Kier alpha value is -4.43. The van der Waals surface area contributed by atoms with Crippen LogP contribution < -0.4 is 16.4 Å². The van der Waals surface area contributed by atoms with Crippen molar-refractivity contribution in [1.29, 1.82) is 0 Å². The van der Waals surface area contributed by atoms with E-state index < -0.39 is 0 Å². The number of anilines is 2. The third kappa shape index (κ3) is 7.51. The van der Waals surface area contributed by atoms with Crippen molar-refractivity contribution in [3.8, 4) is 5.69 Å². The molecule has 3 amide bonds. The van der Waals surface area contributed by atoms with E-state index in [1.165, 1.54) is 5.56 Å².